The van der Waals surface area contributed by atoms with Gasteiger partial charge in [0.2, 0.25) is 0 Å². The Bertz CT molecular complexity index is 981. The lowest BCUT2D eigenvalue weighted by Gasteiger charge is -2.18. The lowest BCUT2D eigenvalue weighted by atomic mass is 10.0. The van der Waals surface area contributed by atoms with Gasteiger partial charge in [-0.05, 0) is 61.9 Å². The summed E-state index contributed by atoms with van der Waals surface area (Å²) in [4.78, 5) is 13.9. The topological polar surface area (TPSA) is 42.7 Å². The quantitative estimate of drug-likeness (QED) is 0.626. The zero-order chi connectivity index (χ0) is 18.7. The maximum atomic E-state index is 13.2. The van der Waals surface area contributed by atoms with Crippen LogP contribution in [0.2, 0.25) is 0 Å². The lowest BCUT2D eigenvalue weighted by molar-refractivity contribution is 0.232. The molecule has 0 aliphatic rings. The zero-order valence-corrected chi connectivity index (χ0v) is 15.2. The molecule has 4 nitrogen and oxygen atoms in total. The Morgan fingerprint density at radius 1 is 1.12 bits per heavy atom. The molecule has 1 aromatic heterocycles. The molecule has 0 bridgehead atoms. The van der Waals surface area contributed by atoms with Gasteiger partial charge in [0, 0.05) is 30.6 Å². The Kier molecular flexibility index (Phi) is 5.38. The van der Waals surface area contributed by atoms with Crippen molar-refractivity contribution in [2.75, 3.05) is 20.2 Å². The predicted molar refractivity (Wildman–Crippen MR) is 100 cm³/mol. The fourth-order valence-corrected chi connectivity index (χ4v) is 2.86. The molecule has 0 atom stereocenters. The highest BCUT2D eigenvalue weighted by molar-refractivity contribution is 5.81. The standard InChI is InChI=1S/C21H22FNO3/c1-14-9-19-16(11-21(24)26-20(19)10-15(14)2)13-23(3)7-8-25-18-6-4-5-17(22)12-18/h4-6,9-12H,7-8,13H2,1-3H3. The molecule has 3 aromatic rings. The molecule has 0 spiro atoms. The predicted octanol–water partition coefficient (Wildman–Crippen LogP) is 4.06. The van der Waals surface area contributed by atoms with E-state index < -0.39 is 0 Å². The van der Waals surface area contributed by atoms with Crippen LogP contribution in [0.4, 0.5) is 4.39 Å². The normalized spacial score (nSPS) is 11.3. The summed E-state index contributed by atoms with van der Waals surface area (Å²) < 4.78 is 24.1. The van der Waals surface area contributed by atoms with E-state index in [1.54, 1.807) is 18.2 Å². The number of halogens is 1. The van der Waals surface area contributed by atoms with Crippen molar-refractivity contribution >= 4 is 11.0 Å². The average molecular weight is 355 g/mol. The first-order valence-corrected chi connectivity index (χ1v) is 8.53. The number of rotatable bonds is 6. The van der Waals surface area contributed by atoms with E-state index in [-0.39, 0.29) is 11.4 Å². The SMILES string of the molecule is Cc1cc2oc(=O)cc(CN(C)CCOc3cccc(F)c3)c2cc1C. The van der Waals surface area contributed by atoms with E-state index in [9.17, 15) is 9.18 Å². The second kappa shape index (κ2) is 7.70. The molecule has 3 rings (SSSR count). The maximum Gasteiger partial charge on any atom is 0.336 e. The smallest absolute Gasteiger partial charge is 0.336 e. The van der Waals surface area contributed by atoms with Crippen LogP contribution in [0.25, 0.3) is 11.0 Å². The number of fused-ring (bicyclic) bond motifs is 1. The molecule has 0 aliphatic carbocycles. The molecule has 0 amide bonds. The van der Waals surface area contributed by atoms with Crippen molar-refractivity contribution in [2.45, 2.75) is 20.4 Å². The van der Waals surface area contributed by atoms with Crippen molar-refractivity contribution in [2.24, 2.45) is 0 Å². The van der Waals surface area contributed by atoms with Crippen molar-refractivity contribution in [3.8, 4) is 5.75 Å². The van der Waals surface area contributed by atoms with Crippen LogP contribution in [0.5, 0.6) is 5.75 Å². The maximum absolute atomic E-state index is 13.2. The molecule has 0 fully saturated rings. The molecule has 0 saturated carbocycles. The minimum Gasteiger partial charge on any atom is -0.492 e. The van der Waals surface area contributed by atoms with Crippen LogP contribution in [-0.4, -0.2) is 25.1 Å². The summed E-state index contributed by atoms with van der Waals surface area (Å²) in [6.07, 6.45) is 0. The van der Waals surface area contributed by atoms with Gasteiger partial charge in [-0.1, -0.05) is 6.07 Å². The van der Waals surface area contributed by atoms with E-state index in [4.69, 9.17) is 9.15 Å². The molecule has 136 valence electrons. The van der Waals surface area contributed by atoms with E-state index in [1.165, 1.54) is 12.1 Å². The summed E-state index contributed by atoms with van der Waals surface area (Å²) >= 11 is 0. The van der Waals surface area contributed by atoms with Crippen LogP contribution in [0.15, 0.2) is 51.7 Å². The summed E-state index contributed by atoms with van der Waals surface area (Å²) in [5, 5.41) is 0.950. The lowest BCUT2D eigenvalue weighted by Crippen LogP contribution is -2.24. The molecule has 2 aromatic carbocycles. The first-order valence-electron chi connectivity index (χ1n) is 8.53. The fourth-order valence-electron chi connectivity index (χ4n) is 2.86. The van der Waals surface area contributed by atoms with E-state index in [0.717, 1.165) is 22.1 Å². The summed E-state index contributed by atoms with van der Waals surface area (Å²) in [7, 11) is 1.95. The second-order valence-electron chi connectivity index (χ2n) is 6.57. The van der Waals surface area contributed by atoms with Crippen molar-refractivity contribution < 1.29 is 13.5 Å². The number of hydrogen-bond acceptors (Lipinski definition) is 4. The molecule has 0 radical (unpaired) electrons. The van der Waals surface area contributed by atoms with Crippen LogP contribution in [0.1, 0.15) is 16.7 Å². The summed E-state index contributed by atoms with van der Waals surface area (Å²) in [6, 6.07) is 11.6. The molecule has 1 heterocycles. The molecular formula is C21H22FNO3. The minimum absolute atomic E-state index is 0.316. The van der Waals surface area contributed by atoms with Crippen LogP contribution in [0, 0.1) is 19.7 Å². The molecule has 26 heavy (non-hydrogen) atoms. The third-order valence-corrected chi connectivity index (χ3v) is 4.42. The highest BCUT2D eigenvalue weighted by Gasteiger charge is 2.10. The Morgan fingerprint density at radius 3 is 2.65 bits per heavy atom. The third-order valence-electron chi connectivity index (χ3n) is 4.42. The van der Waals surface area contributed by atoms with Gasteiger partial charge in [-0.3, -0.25) is 4.90 Å². The van der Waals surface area contributed by atoms with Crippen molar-refractivity contribution in [1.82, 2.24) is 4.90 Å². The minimum atomic E-state index is -0.347. The van der Waals surface area contributed by atoms with Gasteiger partial charge in [-0.15, -0.1) is 0 Å². The van der Waals surface area contributed by atoms with Gasteiger partial charge >= 0.3 is 5.63 Å². The third kappa shape index (κ3) is 4.29. The van der Waals surface area contributed by atoms with Gasteiger partial charge in [-0.25, -0.2) is 9.18 Å². The van der Waals surface area contributed by atoms with E-state index >= 15 is 0 Å². The average Bonchev–Trinajstić information content (AvgIpc) is 2.56. The van der Waals surface area contributed by atoms with Gasteiger partial charge in [0.1, 0.15) is 23.8 Å². The first kappa shape index (κ1) is 18.1. The van der Waals surface area contributed by atoms with Crippen molar-refractivity contribution in [3.05, 3.63) is 75.4 Å². The van der Waals surface area contributed by atoms with Crippen molar-refractivity contribution in [3.63, 3.8) is 0 Å². The van der Waals surface area contributed by atoms with Gasteiger partial charge in [0.15, 0.2) is 0 Å². The highest BCUT2D eigenvalue weighted by atomic mass is 19.1. The Hall–Kier alpha value is -2.66. The van der Waals surface area contributed by atoms with E-state index in [0.29, 0.717) is 31.0 Å². The molecule has 0 aliphatic heterocycles. The number of nitrogens with zero attached hydrogens (tertiary/aromatic N) is 1. The Morgan fingerprint density at radius 2 is 1.88 bits per heavy atom. The van der Waals surface area contributed by atoms with Crippen LogP contribution >= 0.6 is 0 Å². The van der Waals surface area contributed by atoms with Gasteiger partial charge in [0.05, 0.1) is 0 Å². The van der Waals surface area contributed by atoms with Crippen molar-refractivity contribution in [1.29, 1.82) is 0 Å². The summed E-state index contributed by atoms with van der Waals surface area (Å²) in [5.41, 5.74) is 3.44. The summed E-state index contributed by atoms with van der Waals surface area (Å²) in [6.45, 7) is 5.70. The zero-order valence-electron chi connectivity index (χ0n) is 15.2. The van der Waals surface area contributed by atoms with E-state index in [1.807, 2.05) is 27.0 Å². The molecule has 5 heteroatoms. The molecular weight excluding hydrogens is 333 g/mol. The van der Waals surface area contributed by atoms with Gasteiger partial charge in [0.25, 0.3) is 0 Å². The van der Waals surface area contributed by atoms with Crippen LogP contribution in [0.3, 0.4) is 0 Å². The number of hydrogen-bond donors (Lipinski definition) is 0. The first-order chi connectivity index (χ1) is 12.4. The van der Waals surface area contributed by atoms with E-state index in [2.05, 4.69) is 11.0 Å². The van der Waals surface area contributed by atoms with Crippen LogP contribution in [-0.2, 0) is 6.54 Å². The highest BCUT2D eigenvalue weighted by Crippen LogP contribution is 2.22. The number of ether oxygens (including phenoxy) is 1. The second-order valence-corrected chi connectivity index (χ2v) is 6.57. The molecule has 0 saturated heterocycles. The van der Waals surface area contributed by atoms with Gasteiger partial charge < -0.3 is 9.15 Å². The van der Waals surface area contributed by atoms with Crippen LogP contribution < -0.4 is 10.4 Å². The molecule has 0 N–H and O–H groups in total. The molecule has 0 unspecified atom stereocenters. The Balaban J connectivity index is 1.70. The number of benzene rings is 2. The fraction of sp³-hybridized carbons (Fsp3) is 0.286. The number of aryl methyl sites for hydroxylation is 2. The Labute approximate surface area is 151 Å². The summed E-state index contributed by atoms with van der Waals surface area (Å²) in [5.74, 6) is 0.194. The number of likely N-dealkylation sites (N-methyl/N-ethyl adjacent to an activating group) is 1. The monoisotopic (exact) mass is 355 g/mol. The van der Waals surface area contributed by atoms with Gasteiger partial charge in [-0.2, -0.15) is 0 Å². The largest absolute Gasteiger partial charge is 0.492 e.